The molecule has 6 heteroatoms. The molecule has 0 aliphatic carbocycles. The van der Waals surface area contributed by atoms with Gasteiger partial charge in [0, 0.05) is 32.7 Å². The highest BCUT2D eigenvalue weighted by atomic mass is 19.4. The van der Waals surface area contributed by atoms with E-state index in [1.807, 2.05) is 6.07 Å². The molecule has 2 aromatic rings. The molecule has 0 atom stereocenters. The molecule has 1 aliphatic heterocycles. The van der Waals surface area contributed by atoms with Crippen molar-refractivity contribution in [1.82, 2.24) is 9.80 Å². The predicted molar refractivity (Wildman–Crippen MR) is 104 cm³/mol. The molecule has 152 valence electrons. The van der Waals surface area contributed by atoms with Gasteiger partial charge in [0.1, 0.15) is 5.75 Å². The summed E-state index contributed by atoms with van der Waals surface area (Å²) >= 11 is 0. The van der Waals surface area contributed by atoms with Crippen LogP contribution in [0.4, 0.5) is 13.2 Å². The molecular weight excluding hydrogens is 365 g/mol. The Bertz CT molecular complexity index is 713. The summed E-state index contributed by atoms with van der Waals surface area (Å²) in [6, 6.07) is 16.9. The third-order valence-electron chi connectivity index (χ3n) is 5.14. The number of hydrogen-bond acceptors (Lipinski definition) is 3. The van der Waals surface area contributed by atoms with Gasteiger partial charge in [-0.15, -0.1) is 13.2 Å². The van der Waals surface area contributed by atoms with Crippen LogP contribution in [0, 0.1) is 0 Å². The average molecular weight is 392 g/mol. The fourth-order valence-electron chi connectivity index (χ4n) is 3.60. The molecular formula is C22H27F3N2O. The Morgan fingerprint density at radius 2 is 1.36 bits per heavy atom. The molecule has 0 radical (unpaired) electrons. The van der Waals surface area contributed by atoms with E-state index in [4.69, 9.17) is 0 Å². The Labute approximate surface area is 164 Å². The lowest BCUT2D eigenvalue weighted by Crippen LogP contribution is -2.47. The summed E-state index contributed by atoms with van der Waals surface area (Å²) in [4.78, 5) is 4.79. The zero-order chi connectivity index (χ0) is 19.8. The van der Waals surface area contributed by atoms with Gasteiger partial charge in [-0.2, -0.15) is 0 Å². The van der Waals surface area contributed by atoms with Crippen molar-refractivity contribution in [2.45, 2.75) is 25.6 Å². The Hall–Kier alpha value is -2.05. The van der Waals surface area contributed by atoms with Crippen molar-refractivity contribution in [3.8, 4) is 5.75 Å². The van der Waals surface area contributed by atoms with E-state index in [9.17, 15) is 13.2 Å². The van der Waals surface area contributed by atoms with Gasteiger partial charge >= 0.3 is 6.36 Å². The molecule has 0 unspecified atom stereocenters. The fraction of sp³-hybridized carbons (Fsp3) is 0.455. The number of nitrogens with zero attached hydrogens (tertiary/aromatic N) is 2. The Morgan fingerprint density at radius 3 is 2.04 bits per heavy atom. The lowest BCUT2D eigenvalue weighted by atomic mass is 10.1. The highest BCUT2D eigenvalue weighted by molar-refractivity contribution is 5.33. The van der Waals surface area contributed by atoms with Gasteiger partial charge in [0.2, 0.25) is 0 Å². The molecule has 0 spiro atoms. The topological polar surface area (TPSA) is 15.7 Å². The molecule has 0 aromatic heterocycles. The summed E-state index contributed by atoms with van der Waals surface area (Å²) in [5.41, 5.74) is 1.98. The lowest BCUT2D eigenvalue weighted by Gasteiger charge is -2.34. The van der Waals surface area contributed by atoms with Crippen LogP contribution >= 0.6 is 0 Å². The van der Waals surface area contributed by atoms with Crippen LogP contribution in [0.25, 0.3) is 0 Å². The molecule has 3 nitrogen and oxygen atoms in total. The van der Waals surface area contributed by atoms with Gasteiger partial charge in [0.25, 0.3) is 0 Å². The van der Waals surface area contributed by atoms with E-state index in [2.05, 4.69) is 38.8 Å². The number of para-hydroxylation sites is 1. The van der Waals surface area contributed by atoms with E-state index in [-0.39, 0.29) is 5.75 Å². The lowest BCUT2D eigenvalue weighted by molar-refractivity contribution is -0.274. The third-order valence-corrected chi connectivity index (χ3v) is 5.14. The number of aryl methyl sites for hydroxylation is 1. The summed E-state index contributed by atoms with van der Waals surface area (Å²) in [5.74, 6) is -0.0884. The minimum absolute atomic E-state index is 0.0884. The number of hydrogen-bond donors (Lipinski definition) is 0. The van der Waals surface area contributed by atoms with Crippen molar-refractivity contribution in [2.75, 3.05) is 39.3 Å². The van der Waals surface area contributed by atoms with Crippen LogP contribution in [0.15, 0.2) is 54.6 Å². The Morgan fingerprint density at radius 1 is 0.750 bits per heavy atom. The van der Waals surface area contributed by atoms with Gasteiger partial charge in [0.15, 0.2) is 0 Å². The van der Waals surface area contributed by atoms with Crippen LogP contribution in [-0.2, 0) is 12.8 Å². The van der Waals surface area contributed by atoms with Crippen molar-refractivity contribution in [3.63, 3.8) is 0 Å². The first-order valence-electron chi connectivity index (χ1n) is 9.82. The normalized spacial score (nSPS) is 16.2. The summed E-state index contributed by atoms with van der Waals surface area (Å²) in [6.45, 7) is 5.76. The first-order valence-corrected chi connectivity index (χ1v) is 9.82. The number of halogens is 3. The van der Waals surface area contributed by atoms with E-state index in [1.54, 1.807) is 18.2 Å². The number of rotatable bonds is 8. The molecule has 2 aromatic carbocycles. The van der Waals surface area contributed by atoms with Crippen molar-refractivity contribution < 1.29 is 17.9 Å². The van der Waals surface area contributed by atoms with Crippen molar-refractivity contribution in [3.05, 3.63) is 65.7 Å². The molecule has 0 saturated carbocycles. The van der Waals surface area contributed by atoms with Gasteiger partial charge in [-0.3, -0.25) is 0 Å². The van der Waals surface area contributed by atoms with Crippen molar-refractivity contribution >= 4 is 0 Å². The summed E-state index contributed by atoms with van der Waals surface area (Å²) in [7, 11) is 0. The number of benzene rings is 2. The Kier molecular flexibility index (Phi) is 7.34. The van der Waals surface area contributed by atoms with Crippen LogP contribution in [0.3, 0.4) is 0 Å². The maximum Gasteiger partial charge on any atom is 0.573 e. The molecule has 1 saturated heterocycles. The molecule has 1 fully saturated rings. The largest absolute Gasteiger partial charge is 0.573 e. The van der Waals surface area contributed by atoms with Crippen LogP contribution in [0.1, 0.15) is 17.5 Å². The summed E-state index contributed by atoms with van der Waals surface area (Å²) < 4.78 is 41.7. The molecule has 1 aliphatic rings. The van der Waals surface area contributed by atoms with Gasteiger partial charge in [-0.1, -0.05) is 48.5 Å². The summed E-state index contributed by atoms with van der Waals surface area (Å²) in [6.07, 6.45) is -1.86. The van der Waals surface area contributed by atoms with Crippen LogP contribution in [0.2, 0.25) is 0 Å². The minimum Gasteiger partial charge on any atom is -0.406 e. The zero-order valence-electron chi connectivity index (χ0n) is 16.0. The first-order chi connectivity index (χ1) is 13.5. The maximum atomic E-state index is 12.5. The Balaban J connectivity index is 1.38. The van der Waals surface area contributed by atoms with E-state index in [1.165, 1.54) is 11.6 Å². The van der Waals surface area contributed by atoms with Crippen LogP contribution in [-0.4, -0.2) is 55.4 Å². The third kappa shape index (κ3) is 6.84. The van der Waals surface area contributed by atoms with E-state index in [0.717, 1.165) is 52.1 Å². The summed E-state index contributed by atoms with van der Waals surface area (Å²) in [5, 5.41) is 0. The monoisotopic (exact) mass is 392 g/mol. The fourth-order valence-corrected chi connectivity index (χ4v) is 3.60. The number of alkyl halides is 3. The average Bonchev–Trinajstić information content (AvgIpc) is 2.68. The zero-order valence-corrected chi connectivity index (χ0v) is 16.0. The van der Waals surface area contributed by atoms with E-state index in [0.29, 0.717) is 12.0 Å². The highest BCUT2D eigenvalue weighted by Crippen LogP contribution is 2.26. The van der Waals surface area contributed by atoms with Gasteiger partial charge < -0.3 is 14.5 Å². The molecule has 0 N–H and O–H groups in total. The second kappa shape index (κ2) is 9.94. The van der Waals surface area contributed by atoms with E-state index < -0.39 is 6.36 Å². The van der Waals surface area contributed by atoms with Crippen LogP contribution < -0.4 is 4.74 Å². The minimum atomic E-state index is -4.65. The smallest absolute Gasteiger partial charge is 0.406 e. The number of ether oxygens (including phenoxy) is 1. The highest BCUT2D eigenvalue weighted by Gasteiger charge is 2.32. The SMILES string of the molecule is FC(F)(F)Oc1ccccc1CCN1CCN(CCCc2ccccc2)CC1. The molecule has 0 bridgehead atoms. The molecule has 3 rings (SSSR count). The number of piperazine rings is 1. The molecule has 28 heavy (non-hydrogen) atoms. The molecule has 0 amide bonds. The second-order valence-corrected chi connectivity index (χ2v) is 7.18. The standard InChI is InChI=1S/C22H27F3N2O/c23-22(24,25)28-21-11-5-4-10-20(21)12-14-27-17-15-26(16-18-27)13-6-9-19-7-2-1-3-8-19/h1-5,7-8,10-11H,6,9,12-18H2. The van der Waals surface area contributed by atoms with Gasteiger partial charge in [0.05, 0.1) is 0 Å². The van der Waals surface area contributed by atoms with Crippen LogP contribution in [0.5, 0.6) is 5.75 Å². The predicted octanol–water partition coefficient (Wildman–Crippen LogP) is 4.38. The quantitative estimate of drug-likeness (QED) is 0.663. The molecule has 1 heterocycles. The van der Waals surface area contributed by atoms with Crippen molar-refractivity contribution in [2.24, 2.45) is 0 Å². The van der Waals surface area contributed by atoms with E-state index >= 15 is 0 Å². The van der Waals surface area contributed by atoms with Gasteiger partial charge in [-0.05, 0) is 43.0 Å². The van der Waals surface area contributed by atoms with Crippen molar-refractivity contribution in [1.29, 1.82) is 0 Å². The van der Waals surface area contributed by atoms with Gasteiger partial charge in [-0.25, -0.2) is 0 Å². The second-order valence-electron chi connectivity index (χ2n) is 7.18. The maximum absolute atomic E-state index is 12.5. The first kappa shape index (κ1) is 20.7.